The predicted molar refractivity (Wildman–Crippen MR) is 99.7 cm³/mol. The lowest BCUT2D eigenvalue weighted by atomic mass is 9.86. The van der Waals surface area contributed by atoms with E-state index in [0.717, 1.165) is 11.1 Å². The van der Waals surface area contributed by atoms with Gasteiger partial charge in [-0.1, -0.05) is 24.3 Å². The molecule has 2 unspecified atom stereocenters. The first kappa shape index (κ1) is 18.3. The van der Waals surface area contributed by atoms with Gasteiger partial charge < -0.3 is 10.6 Å². The topological polar surface area (TPSA) is 99.1 Å². The molecule has 0 aliphatic carbocycles. The smallest absolute Gasteiger partial charge is 0.244 e. The number of amides is 2. The van der Waals surface area contributed by atoms with E-state index < -0.39 is 29.1 Å². The number of nitrogens with zero attached hydrogens (tertiary/aromatic N) is 1. The Bertz CT molecular complexity index is 959. The van der Waals surface area contributed by atoms with Crippen molar-refractivity contribution in [1.29, 1.82) is 5.26 Å². The minimum Gasteiger partial charge on any atom is -0.342 e. The molecule has 1 heterocycles. The Balaban J connectivity index is 1.76. The summed E-state index contributed by atoms with van der Waals surface area (Å²) in [6.07, 6.45) is 0.248. The number of carbonyl (C=O) groups excluding carboxylic acids is 3. The molecule has 136 valence electrons. The number of nitrogens with one attached hydrogen (secondary N) is 2. The summed E-state index contributed by atoms with van der Waals surface area (Å²) in [6, 6.07) is 16.0. The Labute approximate surface area is 157 Å². The molecule has 3 rings (SSSR count). The molecule has 1 aliphatic heterocycles. The molecule has 0 spiro atoms. The number of nitriles is 1. The fraction of sp³-hybridized carbons (Fsp3) is 0.238. The highest BCUT2D eigenvalue weighted by Crippen LogP contribution is 2.26. The highest BCUT2D eigenvalue weighted by molar-refractivity contribution is 6.27. The zero-order valence-electron chi connectivity index (χ0n) is 15.1. The van der Waals surface area contributed by atoms with Gasteiger partial charge in [0.05, 0.1) is 11.6 Å². The first-order valence-electron chi connectivity index (χ1n) is 8.55. The largest absolute Gasteiger partial charge is 0.342 e. The zero-order valence-corrected chi connectivity index (χ0v) is 15.1. The lowest BCUT2D eigenvalue weighted by Crippen LogP contribution is -2.45. The summed E-state index contributed by atoms with van der Waals surface area (Å²) >= 11 is 0. The maximum absolute atomic E-state index is 12.9. The first-order chi connectivity index (χ1) is 12.8. The lowest BCUT2D eigenvalue weighted by molar-refractivity contribution is -0.135. The number of benzene rings is 2. The summed E-state index contributed by atoms with van der Waals surface area (Å²) in [5, 5.41) is 14.2. The van der Waals surface area contributed by atoms with Crippen molar-refractivity contribution < 1.29 is 14.4 Å². The lowest BCUT2D eigenvalue weighted by Gasteiger charge is -2.22. The molecule has 1 fully saturated rings. The quantitative estimate of drug-likeness (QED) is 0.815. The molecule has 2 atom stereocenters. The molecule has 2 N–H and O–H groups in total. The molecule has 6 heteroatoms. The molecule has 2 aromatic rings. The number of hydrogen-bond acceptors (Lipinski definition) is 4. The van der Waals surface area contributed by atoms with Crippen LogP contribution in [-0.2, 0) is 20.8 Å². The predicted octanol–water partition coefficient (Wildman–Crippen LogP) is 2.12. The van der Waals surface area contributed by atoms with Crippen molar-refractivity contribution in [2.24, 2.45) is 5.92 Å². The van der Waals surface area contributed by atoms with Crippen molar-refractivity contribution in [3.8, 4) is 6.07 Å². The summed E-state index contributed by atoms with van der Waals surface area (Å²) in [4.78, 5) is 37.8. The van der Waals surface area contributed by atoms with E-state index in [9.17, 15) is 14.4 Å². The van der Waals surface area contributed by atoms with Crippen molar-refractivity contribution in [3.05, 3.63) is 65.2 Å². The standard InChI is InChI=1S/C21H19N3O3/c1-13-4-3-5-16(10-13)23-19(26)17-18(25)21(2,24-20(17)27)11-14-6-8-15(12-22)9-7-14/h3-10,17H,11H2,1-2H3,(H,23,26)(H,24,27). The van der Waals surface area contributed by atoms with Gasteiger partial charge in [0.25, 0.3) is 0 Å². The summed E-state index contributed by atoms with van der Waals surface area (Å²) in [7, 11) is 0. The van der Waals surface area contributed by atoms with Gasteiger partial charge in [-0.05, 0) is 49.2 Å². The maximum Gasteiger partial charge on any atom is 0.244 e. The summed E-state index contributed by atoms with van der Waals surface area (Å²) in [5.41, 5.74) is 1.65. The van der Waals surface area contributed by atoms with E-state index in [4.69, 9.17) is 5.26 Å². The van der Waals surface area contributed by atoms with Crippen molar-refractivity contribution >= 4 is 23.3 Å². The number of rotatable bonds is 4. The Morgan fingerprint density at radius 2 is 1.93 bits per heavy atom. The van der Waals surface area contributed by atoms with Crippen molar-refractivity contribution in [2.45, 2.75) is 25.8 Å². The molecule has 0 radical (unpaired) electrons. The average molecular weight is 361 g/mol. The second-order valence-electron chi connectivity index (χ2n) is 6.96. The molecular formula is C21H19N3O3. The van der Waals surface area contributed by atoms with Gasteiger partial charge in [0.2, 0.25) is 11.8 Å². The number of ketones is 1. The molecule has 1 saturated heterocycles. The fourth-order valence-corrected chi connectivity index (χ4v) is 3.26. The van der Waals surface area contributed by atoms with Crippen LogP contribution in [0.1, 0.15) is 23.6 Å². The van der Waals surface area contributed by atoms with Crippen LogP contribution in [0.3, 0.4) is 0 Å². The van der Waals surface area contributed by atoms with Crippen LogP contribution >= 0.6 is 0 Å². The normalized spacial score (nSPS) is 21.4. The van der Waals surface area contributed by atoms with Gasteiger partial charge in [0.1, 0.15) is 5.54 Å². The van der Waals surface area contributed by atoms with Crippen LogP contribution in [0.4, 0.5) is 5.69 Å². The minimum atomic E-state index is -1.38. The van der Waals surface area contributed by atoms with Gasteiger partial charge >= 0.3 is 0 Å². The maximum atomic E-state index is 12.9. The number of anilines is 1. The van der Waals surface area contributed by atoms with Crippen LogP contribution in [0, 0.1) is 24.2 Å². The second-order valence-corrected chi connectivity index (χ2v) is 6.96. The molecule has 0 saturated carbocycles. The van der Waals surface area contributed by atoms with E-state index in [1.54, 1.807) is 49.4 Å². The van der Waals surface area contributed by atoms with Crippen LogP contribution in [0.5, 0.6) is 0 Å². The van der Waals surface area contributed by atoms with E-state index in [2.05, 4.69) is 10.6 Å². The van der Waals surface area contributed by atoms with Crippen molar-refractivity contribution in [3.63, 3.8) is 0 Å². The fourth-order valence-electron chi connectivity index (χ4n) is 3.26. The Kier molecular flexibility index (Phi) is 4.78. The monoisotopic (exact) mass is 361 g/mol. The van der Waals surface area contributed by atoms with E-state index in [1.807, 2.05) is 19.1 Å². The third-order valence-corrected chi connectivity index (χ3v) is 4.66. The van der Waals surface area contributed by atoms with Gasteiger partial charge in [-0.25, -0.2) is 0 Å². The number of Topliss-reactive ketones (excluding diaryl/α,β-unsaturated/α-hetero) is 1. The highest BCUT2D eigenvalue weighted by Gasteiger charge is 2.52. The molecule has 2 amide bonds. The minimum absolute atomic E-state index is 0.248. The summed E-state index contributed by atoms with van der Waals surface area (Å²) in [5.74, 6) is -3.07. The first-order valence-corrected chi connectivity index (χ1v) is 8.55. The Morgan fingerprint density at radius 1 is 1.22 bits per heavy atom. The number of aryl methyl sites for hydroxylation is 1. The van der Waals surface area contributed by atoms with Crippen molar-refractivity contribution in [1.82, 2.24) is 5.32 Å². The Morgan fingerprint density at radius 3 is 2.56 bits per heavy atom. The molecule has 1 aliphatic rings. The number of hydrogen-bond donors (Lipinski definition) is 2. The number of carbonyl (C=O) groups is 3. The SMILES string of the molecule is Cc1cccc(NC(=O)C2C(=O)NC(C)(Cc3ccc(C#N)cc3)C2=O)c1. The van der Waals surface area contributed by atoms with Crippen LogP contribution < -0.4 is 10.6 Å². The van der Waals surface area contributed by atoms with Crippen molar-refractivity contribution in [2.75, 3.05) is 5.32 Å². The van der Waals surface area contributed by atoms with Gasteiger partial charge in [-0.3, -0.25) is 14.4 Å². The summed E-state index contributed by atoms with van der Waals surface area (Å²) in [6.45, 7) is 3.50. The molecule has 6 nitrogen and oxygen atoms in total. The molecular weight excluding hydrogens is 342 g/mol. The van der Waals surface area contributed by atoms with Gasteiger partial charge in [-0.15, -0.1) is 0 Å². The highest BCUT2D eigenvalue weighted by atomic mass is 16.2. The average Bonchev–Trinajstić information content (AvgIpc) is 2.84. The third-order valence-electron chi connectivity index (χ3n) is 4.66. The van der Waals surface area contributed by atoms with E-state index >= 15 is 0 Å². The van der Waals surface area contributed by atoms with Crippen LogP contribution in [0.25, 0.3) is 0 Å². The zero-order chi connectivity index (χ0) is 19.6. The van der Waals surface area contributed by atoms with Crippen LogP contribution in [-0.4, -0.2) is 23.1 Å². The second kappa shape index (κ2) is 7.04. The van der Waals surface area contributed by atoms with Gasteiger partial charge in [0, 0.05) is 12.1 Å². The molecule has 27 heavy (non-hydrogen) atoms. The van der Waals surface area contributed by atoms with Crippen LogP contribution in [0.2, 0.25) is 0 Å². The molecule has 0 bridgehead atoms. The van der Waals surface area contributed by atoms with Crippen LogP contribution in [0.15, 0.2) is 48.5 Å². The third kappa shape index (κ3) is 3.72. The Hall–Kier alpha value is -3.46. The molecule has 2 aromatic carbocycles. The summed E-state index contributed by atoms with van der Waals surface area (Å²) < 4.78 is 0. The van der Waals surface area contributed by atoms with Gasteiger partial charge in [-0.2, -0.15) is 5.26 Å². The van der Waals surface area contributed by atoms with E-state index in [1.165, 1.54) is 0 Å². The van der Waals surface area contributed by atoms with Gasteiger partial charge in [0.15, 0.2) is 11.7 Å². The van der Waals surface area contributed by atoms with E-state index in [0.29, 0.717) is 11.3 Å². The van der Waals surface area contributed by atoms with E-state index in [-0.39, 0.29) is 6.42 Å². The molecule has 0 aromatic heterocycles.